The Morgan fingerprint density at radius 2 is 2.10 bits per heavy atom. The lowest BCUT2D eigenvalue weighted by atomic mass is 9.96. The smallest absolute Gasteiger partial charge is 0.164 e. The highest BCUT2D eigenvalue weighted by Gasteiger charge is 2.24. The third kappa shape index (κ3) is 1.93. The predicted octanol–water partition coefficient (Wildman–Crippen LogP) is 3.83. The number of carbonyl (C=O) groups is 1. The van der Waals surface area contributed by atoms with Crippen molar-refractivity contribution in [1.29, 1.82) is 5.26 Å². The van der Waals surface area contributed by atoms with Gasteiger partial charge in [0.15, 0.2) is 5.78 Å². The van der Waals surface area contributed by atoms with Crippen LogP contribution in [0, 0.1) is 18.3 Å². The maximum absolute atomic E-state index is 12.0. The van der Waals surface area contributed by atoms with Crippen molar-refractivity contribution >= 4 is 17.4 Å². The molecule has 0 amide bonds. The fourth-order valence-corrected chi connectivity index (χ4v) is 3.02. The summed E-state index contributed by atoms with van der Waals surface area (Å²) < 4.78 is 2.00. The van der Waals surface area contributed by atoms with Crippen LogP contribution in [0.4, 0.5) is 0 Å². The summed E-state index contributed by atoms with van der Waals surface area (Å²) in [4.78, 5) is 12.0. The number of aryl methyl sites for hydroxylation is 1. The van der Waals surface area contributed by atoms with E-state index in [4.69, 9.17) is 11.6 Å². The number of hydrogen-bond acceptors (Lipinski definition) is 2. The van der Waals surface area contributed by atoms with E-state index in [1.807, 2.05) is 17.6 Å². The Labute approximate surface area is 122 Å². The molecule has 2 aromatic rings. The summed E-state index contributed by atoms with van der Waals surface area (Å²) in [6, 6.07) is 9.32. The minimum atomic E-state index is 0.189. The van der Waals surface area contributed by atoms with Crippen LogP contribution in [0.25, 0.3) is 5.69 Å². The van der Waals surface area contributed by atoms with E-state index in [1.165, 1.54) is 0 Å². The van der Waals surface area contributed by atoms with Crippen molar-refractivity contribution in [2.45, 2.75) is 26.2 Å². The van der Waals surface area contributed by atoms with Crippen LogP contribution < -0.4 is 0 Å². The molecular formula is C16H13ClN2O. The van der Waals surface area contributed by atoms with Crippen LogP contribution in [0.5, 0.6) is 0 Å². The van der Waals surface area contributed by atoms with E-state index < -0.39 is 0 Å². The minimum Gasteiger partial charge on any atom is -0.316 e. The Morgan fingerprint density at radius 3 is 2.85 bits per heavy atom. The average Bonchev–Trinajstić information content (AvgIpc) is 2.76. The lowest BCUT2D eigenvalue weighted by molar-refractivity contribution is 0.0972. The van der Waals surface area contributed by atoms with Gasteiger partial charge in [-0.2, -0.15) is 5.26 Å². The number of Topliss-reactive ketones (excluding diaryl/α,β-unsaturated/α-hetero) is 1. The van der Waals surface area contributed by atoms with Crippen molar-refractivity contribution in [3.63, 3.8) is 0 Å². The lowest BCUT2D eigenvalue weighted by Gasteiger charge is -2.17. The van der Waals surface area contributed by atoms with E-state index in [9.17, 15) is 10.1 Å². The highest BCUT2D eigenvalue weighted by atomic mass is 35.5. The Bertz CT molecular complexity index is 753. The Balaban J connectivity index is 2.29. The maximum Gasteiger partial charge on any atom is 0.164 e. The third-order valence-corrected chi connectivity index (χ3v) is 3.96. The van der Waals surface area contributed by atoms with Gasteiger partial charge in [-0.3, -0.25) is 4.79 Å². The predicted molar refractivity (Wildman–Crippen MR) is 77.5 cm³/mol. The molecule has 0 unspecified atom stereocenters. The van der Waals surface area contributed by atoms with E-state index in [-0.39, 0.29) is 5.78 Å². The van der Waals surface area contributed by atoms with Crippen molar-refractivity contribution < 1.29 is 4.79 Å². The Hall–Kier alpha value is -2.05. The number of fused-ring (bicyclic) bond motifs is 1. The second-order valence-corrected chi connectivity index (χ2v) is 5.47. The number of halogens is 1. The zero-order chi connectivity index (χ0) is 14.3. The first-order valence-corrected chi connectivity index (χ1v) is 6.94. The normalized spacial score (nSPS) is 13.9. The lowest BCUT2D eigenvalue weighted by Crippen LogP contribution is -2.13. The van der Waals surface area contributed by atoms with Crippen LogP contribution in [0.2, 0.25) is 5.02 Å². The third-order valence-electron chi connectivity index (χ3n) is 3.73. The number of carbonyl (C=O) groups excluding carboxylic acids is 1. The van der Waals surface area contributed by atoms with Gasteiger partial charge < -0.3 is 4.57 Å². The SMILES string of the molecule is Cc1cc2c(n1-c1cc(Cl)ccc1C#N)CCCC2=O. The van der Waals surface area contributed by atoms with E-state index in [0.717, 1.165) is 35.5 Å². The summed E-state index contributed by atoms with van der Waals surface area (Å²) in [5.41, 5.74) is 4.07. The molecule has 0 aliphatic heterocycles. The molecule has 20 heavy (non-hydrogen) atoms. The van der Waals surface area contributed by atoms with Gasteiger partial charge >= 0.3 is 0 Å². The van der Waals surface area contributed by atoms with Crippen LogP contribution in [0.3, 0.4) is 0 Å². The fraction of sp³-hybridized carbons (Fsp3) is 0.250. The second kappa shape index (κ2) is 4.81. The molecule has 0 saturated heterocycles. The molecular weight excluding hydrogens is 272 g/mol. The summed E-state index contributed by atoms with van der Waals surface area (Å²) >= 11 is 6.07. The van der Waals surface area contributed by atoms with Gasteiger partial charge in [0.05, 0.1) is 11.3 Å². The molecule has 100 valence electrons. The second-order valence-electron chi connectivity index (χ2n) is 5.03. The first kappa shape index (κ1) is 13.0. The largest absolute Gasteiger partial charge is 0.316 e. The monoisotopic (exact) mass is 284 g/mol. The van der Waals surface area contributed by atoms with Crippen molar-refractivity contribution in [3.8, 4) is 11.8 Å². The highest BCUT2D eigenvalue weighted by molar-refractivity contribution is 6.30. The van der Waals surface area contributed by atoms with Crippen molar-refractivity contribution in [2.75, 3.05) is 0 Å². The molecule has 3 nitrogen and oxygen atoms in total. The van der Waals surface area contributed by atoms with E-state index >= 15 is 0 Å². The van der Waals surface area contributed by atoms with Crippen molar-refractivity contribution in [3.05, 3.63) is 51.8 Å². The molecule has 3 rings (SSSR count). The number of aromatic nitrogens is 1. The maximum atomic E-state index is 12.0. The quantitative estimate of drug-likeness (QED) is 0.799. The molecule has 0 radical (unpaired) electrons. The fourth-order valence-electron chi connectivity index (χ4n) is 2.85. The van der Waals surface area contributed by atoms with E-state index in [0.29, 0.717) is 17.0 Å². The van der Waals surface area contributed by atoms with Gasteiger partial charge in [0.2, 0.25) is 0 Å². The van der Waals surface area contributed by atoms with Crippen LogP contribution in [0.1, 0.15) is 40.2 Å². The van der Waals surface area contributed by atoms with E-state index in [2.05, 4.69) is 6.07 Å². The molecule has 0 saturated carbocycles. The molecule has 1 aliphatic carbocycles. The van der Waals surface area contributed by atoms with Gasteiger partial charge in [-0.25, -0.2) is 0 Å². The number of ketones is 1. The summed E-state index contributed by atoms with van der Waals surface area (Å²) in [5, 5.41) is 9.87. The molecule has 1 heterocycles. The van der Waals surface area contributed by atoms with Crippen molar-refractivity contribution in [1.82, 2.24) is 4.57 Å². The Kier molecular flexibility index (Phi) is 3.11. The molecule has 0 N–H and O–H groups in total. The van der Waals surface area contributed by atoms with Crippen LogP contribution in [-0.2, 0) is 6.42 Å². The molecule has 1 aromatic carbocycles. The van der Waals surface area contributed by atoms with Gasteiger partial charge in [0.25, 0.3) is 0 Å². The molecule has 0 bridgehead atoms. The molecule has 1 aliphatic rings. The number of nitriles is 1. The number of hydrogen-bond donors (Lipinski definition) is 0. The Morgan fingerprint density at radius 1 is 1.30 bits per heavy atom. The van der Waals surface area contributed by atoms with Crippen LogP contribution in [-0.4, -0.2) is 10.4 Å². The molecule has 4 heteroatoms. The van der Waals surface area contributed by atoms with Crippen molar-refractivity contribution in [2.24, 2.45) is 0 Å². The van der Waals surface area contributed by atoms with Gasteiger partial charge in [0, 0.05) is 28.4 Å². The van der Waals surface area contributed by atoms with Gasteiger partial charge in [-0.05, 0) is 44.0 Å². The zero-order valence-electron chi connectivity index (χ0n) is 11.1. The van der Waals surface area contributed by atoms with Crippen LogP contribution >= 0.6 is 11.6 Å². The van der Waals surface area contributed by atoms with Crippen LogP contribution in [0.15, 0.2) is 24.3 Å². The average molecular weight is 285 g/mol. The number of rotatable bonds is 1. The van der Waals surface area contributed by atoms with E-state index in [1.54, 1.807) is 18.2 Å². The number of nitrogens with zero attached hydrogens (tertiary/aromatic N) is 2. The number of benzene rings is 1. The van der Waals surface area contributed by atoms with Gasteiger partial charge in [-0.1, -0.05) is 11.6 Å². The highest BCUT2D eigenvalue weighted by Crippen LogP contribution is 2.30. The molecule has 0 atom stereocenters. The summed E-state index contributed by atoms with van der Waals surface area (Å²) in [7, 11) is 0. The summed E-state index contributed by atoms with van der Waals surface area (Å²) in [6.07, 6.45) is 2.32. The standard InChI is InChI=1S/C16H13ClN2O/c1-10-7-13-14(3-2-4-16(13)20)19(10)15-8-12(17)6-5-11(15)9-18/h5-8H,2-4H2,1H3. The molecule has 0 fully saturated rings. The molecule has 0 spiro atoms. The minimum absolute atomic E-state index is 0.189. The summed E-state index contributed by atoms with van der Waals surface area (Å²) in [5.74, 6) is 0.189. The topological polar surface area (TPSA) is 45.8 Å². The van der Waals surface area contributed by atoms with Gasteiger partial charge in [0.1, 0.15) is 6.07 Å². The molecule has 1 aromatic heterocycles. The first-order valence-electron chi connectivity index (χ1n) is 6.56. The van der Waals surface area contributed by atoms with Gasteiger partial charge in [-0.15, -0.1) is 0 Å². The first-order chi connectivity index (χ1) is 9.61. The zero-order valence-corrected chi connectivity index (χ0v) is 11.9. The summed E-state index contributed by atoms with van der Waals surface area (Å²) in [6.45, 7) is 1.95.